The van der Waals surface area contributed by atoms with E-state index in [4.69, 9.17) is 9.84 Å². The fourth-order valence-electron chi connectivity index (χ4n) is 3.20. The Morgan fingerprint density at radius 3 is 2.54 bits per heavy atom. The highest BCUT2D eigenvalue weighted by Gasteiger charge is 2.28. The van der Waals surface area contributed by atoms with Crippen LogP contribution in [0, 0.1) is 13.8 Å². The number of thioether (sulfide) groups is 1. The number of carboxylic acids is 1. The number of aryl methyl sites for hydroxylation is 2. The molecule has 1 aromatic carbocycles. The molecule has 2 atom stereocenters. The standard InChI is InChI=1S/C18H25NO4S/c1-4-24-15-7-5-6-14(15)19-18(22)13-8-11(2)17(12(3)9-13)23-10-16(20)21/h8-9,14-15H,4-7,10H2,1-3H3,(H,19,22)(H,20,21). The molecule has 0 aliphatic heterocycles. The Balaban J connectivity index is 2.08. The van der Waals surface area contributed by atoms with Gasteiger partial charge in [-0.15, -0.1) is 0 Å². The van der Waals surface area contributed by atoms with Crippen molar-refractivity contribution in [3.8, 4) is 5.75 Å². The molecule has 0 aromatic heterocycles. The molecule has 2 unspecified atom stereocenters. The molecule has 0 bridgehead atoms. The Morgan fingerprint density at radius 2 is 1.96 bits per heavy atom. The first kappa shape index (κ1) is 18.6. The molecule has 1 saturated carbocycles. The molecule has 2 rings (SSSR count). The van der Waals surface area contributed by atoms with Gasteiger partial charge in [0.1, 0.15) is 5.75 Å². The third-order valence-corrected chi connectivity index (χ3v) is 5.54. The SMILES string of the molecule is CCSC1CCCC1NC(=O)c1cc(C)c(OCC(=O)O)c(C)c1. The number of benzene rings is 1. The van der Waals surface area contributed by atoms with Crippen LogP contribution in [0.3, 0.4) is 0 Å². The lowest BCUT2D eigenvalue weighted by Gasteiger charge is -2.21. The molecular weight excluding hydrogens is 326 g/mol. The van der Waals surface area contributed by atoms with E-state index < -0.39 is 5.97 Å². The summed E-state index contributed by atoms with van der Waals surface area (Å²) >= 11 is 1.91. The second-order valence-corrected chi connectivity index (χ2v) is 7.64. The van der Waals surface area contributed by atoms with Gasteiger partial charge in [-0.3, -0.25) is 4.79 Å². The number of ether oxygens (including phenoxy) is 1. The van der Waals surface area contributed by atoms with Gasteiger partial charge in [0.15, 0.2) is 6.61 Å². The molecule has 0 heterocycles. The molecule has 0 radical (unpaired) electrons. The van der Waals surface area contributed by atoms with Crippen molar-refractivity contribution in [1.82, 2.24) is 5.32 Å². The number of amides is 1. The lowest BCUT2D eigenvalue weighted by Crippen LogP contribution is -2.38. The van der Waals surface area contributed by atoms with E-state index in [2.05, 4.69) is 12.2 Å². The van der Waals surface area contributed by atoms with Gasteiger partial charge >= 0.3 is 5.97 Å². The summed E-state index contributed by atoms with van der Waals surface area (Å²) in [5.41, 5.74) is 2.14. The van der Waals surface area contributed by atoms with E-state index in [0.717, 1.165) is 36.1 Å². The van der Waals surface area contributed by atoms with Crippen molar-refractivity contribution in [2.75, 3.05) is 12.4 Å². The van der Waals surface area contributed by atoms with Crippen LogP contribution in [0.4, 0.5) is 0 Å². The zero-order chi connectivity index (χ0) is 17.7. The quantitative estimate of drug-likeness (QED) is 0.789. The van der Waals surface area contributed by atoms with Gasteiger partial charge in [-0.2, -0.15) is 11.8 Å². The molecule has 6 heteroatoms. The highest BCUT2D eigenvalue weighted by Crippen LogP contribution is 2.30. The van der Waals surface area contributed by atoms with Crippen molar-refractivity contribution in [2.45, 2.75) is 51.3 Å². The van der Waals surface area contributed by atoms with Crippen molar-refractivity contribution in [1.29, 1.82) is 0 Å². The minimum absolute atomic E-state index is 0.0698. The van der Waals surface area contributed by atoms with Crippen LogP contribution in [0.2, 0.25) is 0 Å². The summed E-state index contributed by atoms with van der Waals surface area (Å²) < 4.78 is 5.31. The summed E-state index contributed by atoms with van der Waals surface area (Å²) in [5, 5.41) is 12.4. The van der Waals surface area contributed by atoms with Crippen LogP contribution >= 0.6 is 11.8 Å². The normalized spacial score (nSPS) is 20.0. The van der Waals surface area contributed by atoms with Crippen LogP contribution in [-0.4, -0.2) is 40.6 Å². The number of carboxylic acid groups (broad SMARTS) is 1. The maximum atomic E-state index is 12.6. The molecule has 132 valence electrons. The minimum atomic E-state index is -1.02. The predicted octanol–water partition coefficient (Wildman–Crippen LogP) is 3.17. The summed E-state index contributed by atoms with van der Waals surface area (Å²) in [7, 11) is 0. The average Bonchev–Trinajstić information content (AvgIpc) is 2.93. The smallest absolute Gasteiger partial charge is 0.341 e. The van der Waals surface area contributed by atoms with E-state index in [9.17, 15) is 9.59 Å². The molecule has 1 aromatic rings. The molecule has 1 aliphatic carbocycles. The fraction of sp³-hybridized carbons (Fsp3) is 0.556. The Hall–Kier alpha value is -1.69. The molecule has 1 amide bonds. The molecule has 1 aliphatic rings. The van der Waals surface area contributed by atoms with Crippen LogP contribution in [0.1, 0.15) is 47.7 Å². The molecular formula is C18H25NO4S. The van der Waals surface area contributed by atoms with Gasteiger partial charge in [0.25, 0.3) is 5.91 Å². The molecule has 2 N–H and O–H groups in total. The predicted molar refractivity (Wildman–Crippen MR) is 96.1 cm³/mol. The third-order valence-electron chi connectivity index (χ3n) is 4.21. The van der Waals surface area contributed by atoms with E-state index in [1.165, 1.54) is 0 Å². The highest BCUT2D eigenvalue weighted by atomic mass is 32.2. The van der Waals surface area contributed by atoms with E-state index in [1.54, 1.807) is 12.1 Å². The number of carbonyl (C=O) groups is 2. The van der Waals surface area contributed by atoms with Crippen molar-refractivity contribution in [2.24, 2.45) is 0 Å². The fourth-order valence-corrected chi connectivity index (χ4v) is 4.40. The minimum Gasteiger partial charge on any atom is -0.481 e. The number of nitrogens with one attached hydrogen (secondary N) is 1. The number of aliphatic carboxylic acids is 1. The zero-order valence-corrected chi connectivity index (χ0v) is 15.2. The maximum Gasteiger partial charge on any atom is 0.341 e. The molecule has 0 spiro atoms. The third kappa shape index (κ3) is 4.66. The van der Waals surface area contributed by atoms with Gasteiger partial charge < -0.3 is 15.2 Å². The average molecular weight is 351 g/mol. The van der Waals surface area contributed by atoms with E-state index >= 15 is 0 Å². The van der Waals surface area contributed by atoms with Gasteiger partial charge in [0, 0.05) is 16.9 Å². The Kier molecular flexibility index (Phi) is 6.54. The zero-order valence-electron chi connectivity index (χ0n) is 14.4. The van der Waals surface area contributed by atoms with E-state index in [-0.39, 0.29) is 18.6 Å². The maximum absolute atomic E-state index is 12.6. The van der Waals surface area contributed by atoms with Gasteiger partial charge in [-0.25, -0.2) is 4.79 Å². The highest BCUT2D eigenvalue weighted by molar-refractivity contribution is 7.99. The topological polar surface area (TPSA) is 75.6 Å². The number of rotatable bonds is 7. The summed E-state index contributed by atoms with van der Waals surface area (Å²) in [4.78, 5) is 23.2. The second kappa shape index (κ2) is 8.42. The summed E-state index contributed by atoms with van der Waals surface area (Å²) in [6, 6.07) is 3.75. The summed E-state index contributed by atoms with van der Waals surface area (Å²) in [6.45, 7) is 5.41. The van der Waals surface area contributed by atoms with Gasteiger partial charge in [0.05, 0.1) is 0 Å². The van der Waals surface area contributed by atoms with Crippen LogP contribution in [-0.2, 0) is 4.79 Å². The first-order valence-electron chi connectivity index (χ1n) is 8.30. The molecule has 0 saturated heterocycles. The van der Waals surface area contributed by atoms with Crippen LogP contribution in [0.15, 0.2) is 12.1 Å². The van der Waals surface area contributed by atoms with Crippen LogP contribution < -0.4 is 10.1 Å². The van der Waals surface area contributed by atoms with Crippen molar-refractivity contribution in [3.63, 3.8) is 0 Å². The summed E-state index contributed by atoms with van der Waals surface area (Å²) in [6.07, 6.45) is 3.34. The van der Waals surface area contributed by atoms with Crippen molar-refractivity contribution in [3.05, 3.63) is 28.8 Å². The molecule has 24 heavy (non-hydrogen) atoms. The van der Waals surface area contributed by atoms with Gasteiger partial charge in [-0.05, 0) is 55.7 Å². The van der Waals surface area contributed by atoms with Crippen molar-refractivity contribution < 1.29 is 19.4 Å². The lowest BCUT2D eigenvalue weighted by atomic mass is 10.0. The van der Waals surface area contributed by atoms with Crippen LogP contribution in [0.5, 0.6) is 5.75 Å². The number of carbonyl (C=O) groups excluding carboxylic acids is 1. The summed E-state index contributed by atoms with van der Waals surface area (Å²) in [5.74, 6) is 0.510. The van der Waals surface area contributed by atoms with Crippen LogP contribution in [0.25, 0.3) is 0 Å². The number of hydrogen-bond acceptors (Lipinski definition) is 4. The van der Waals surface area contributed by atoms with Crippen molar-refractivity contribution >= 4 is 23.6 Å². The first-order chi connectivity index (χ1) is 11.4. The van der Waals surface area contributed by atoms with Gasteiger partial charge in [-0.1, -0.05) is 13.3 Å². The monoisotopic (exact) mass is 351 g/mol. The van der Waals surface area contributed by atoms with E-state index in [1.807, 2.05) is 25.6 Å². The second-order valence-electron chi connectivity index (χ2n) is 6.13. The molecule has 5 nitrogen and oxygen atoms in total. The Bertz CT molecular complexity index is 594. The lowest BCUT2D eigenvalue weighted by molar-refractivity contribution is -0.139. The first-order valence-corrected chi connectivity index (χ1v) is 9.35. The number of hydrogen-bond donors (Lipinski definition) is 2. The Morgan fingerprint density at radius 1 is 1.29 bits per heavy atom. The van der Waals surface area contributed by atoms with Gasteiger partial charge in [0.2, 0.25) is 0 Å². The van der Waals surface area contributed by atoms with E-state index in [0.29, 0.717) is 16.6 Å². The largest absolute Gasteiger partial charge is 0.481 e. The molecule has 1 fully saturated rings. The Labute approximate surface area is 147 Å².